The maximum Gasteiger partial charge on any atom is 0.174 e. The Balaban J connectivity index is 2.10. The highest BCUT2D eigenvalue weighted by molar-refractivity contribution is 5.81. The standard InChI is InChI=1S/C17H14FN3O2/c1-21-13-5-3-4-12(18)16(13)20-17(21)11-6-7-14(23-9-8-19)15(10-11)22-2/h3-7,10H,9H2,1-2H3. The van der Waals surface area contributed by atoms with Crippen LogP contribution in [-0.2, 0) is 7.05 Å². The average Bonchev–Trinajstić information content (AvgIpc) is 2.91. The van der Waals surface area contributed by atoms with Crippen molar-refractivity contribution in [3.05, 3.63) is 42.2 Å². The molecule has 116 valence electrons. The Morgan fingerprint density at radius 1 is 1.26 bits per heavy atom. The number of ether oxygens (including phenoxy) is 2. The van der Waals surface area contributed by atoms with Crippen molar-refractivity contribution >= 4 is 11.0 Å². The second-order valence-corrected chi connectivity index (χ2v) is 4.91. The van der Waals surface area contributed by atoms with E-state index in [4.69, 9.17) is 14.7 Å². The Bertz CT molecular complexity index is 912. The minimum absolute atomic E-state index is 0.0623. The number of fused-ring (bicyclic) bond motifs is 1. The number of hydrogen-bond acceptors (Lipinski definition) is 4. The van der Waals surface area contributed by atoms with Crippen molar-refractivity contribution in [3.63, 3.8) is 0 Å². The Morgan fingerprint density at radius 2 is 2.09 bits per heavy atom. The van der Waals surface area contributed by atoms with Crippen molar-refractivity contribution in [2.24, 2.45) is 7.05 Å². The fraction of sp³-hybridized carbons (Fsp3) is 0.176. The van der Waals surface area contributed by atoms with Crippen molar-refractivity contribution in [3.8, 4) is 29.0 Å². The van der Waals surface area contributed by atoms with E-state index in [1.54, 1.807) is 24.3 Å². The second kappa shape index (κ2) is 5.97. The molecule has 2 aromatic carbocycles. The zero-order valence-electron chi connectivity index (χ0n) is 12.7. The summed E-state index contributed by atoms with van der Waals surface area (Å²) >= 11 is 0. The van der Waals surface area contributed by atoms with Crippen molar-refractivity contribution < 1.29 is 13.9 Å². The van der Waals surface area contributed by atoms with Gasteiger partial charge in [-0.2, -0.15) is 5.26 Å². The molecule has 5 nitrogen and oxygen atoms in total. The van der Waals surface area contributed by atoms with Gasteiger partial charge in [-0.15, -0.1) is 0 Å². The summed E-state index contributed by atoms with van der Waals surface area (Å²) in [6.45, 7) is -0.0623. The van der Waals surface area contributed by atoms with Crippen molar-refractivity contribution in [1.82, 2.24) is 9.55 Å². The Hall–Kier alpha value is -3.07. The molecule has 3 aromatic rings. The van der Waals surface area contributed by atoms with Crippen LogP contribution in [0.15, 0.2) is 36.4 Å². The normalized spacial score (nSPS) is 10.5. The van der Waals surface area contributed by atoms with Crippen LogP contribution in [0.2, 0.25) is 0 Å². The van der Waals surface area contributed by atoms with Crippen molar-refractivity contribution in [1.29, 1.82) is 5.26 Å². The molecule has 0 aliphatic heterocycles. The summed E-state index contributed by atoms with van der Waals surface area (Å²) in [6.07, 6.45) is 0. The van der Waals surface area contributed by atoms with Gasteiger partial charge in [-0.1, -0.05) is 6.07 Å². The van der Waals surface area contributed by atoms with Crippen LogP contribution in [0.4, 0.5) is 4.39 Å². The summed E-state index contributed by atoms with van der Waals surface area (Å²) in [7, 11) is 3.35. The van der Waals surface area contributed by atoms with Crippen LogP contribution >= 0.6 is 0 Å². The summed E-state index contributed by atoms with van der Waals surface area (Å²) in [5.41, 5.74) is 1.81. The number of aromatic nitrogens is 2. The summed E-state index contributed by atoms with van der Waals surface area (Å²) in [5, 5.41) is 8.60. The van der Waals surface area contributed by atoms with E-state index < -0.39 is 0 Å². The van der Waals surface area contributed by atoms with Gasteiger partial charge in [-0.25, -0.2) is 9.37 Å². The number of aryl methyl sites for hydroxylation is 1. The minimum Gasteiger partial charge on any atom is -0.493 e. The van der Waals surface area contributed by atoms with E-state index in [0.717, 1.165) is 5.56 Å². The van der Waals surface area contributed by atoms with E-state index in [0.29, 0.717) is 28.4 Å². The average molecular weight is 311 g/mol. The molecule has 1 aromatic heterocycles. The van der Waals surface area contributed by atoms with Gasteiger partial charge in [0.1, 0.15) is 17.4 Å². The molecule has 0 fully saturated rings. The zero-order valence-corrected chi connectivity index (χ0v) is 12.7. The second-order valence-electron chi connectivity index (χ2n) is 4.91. The van der Waals surface area contributed by atoms with Crippen molar-refractivity contribution in [2.45, 2.75) is 0 Å². The number of imidazole rings is 1. The van der Waals surface area contributed by atoms with Gasteiger partial charge >= 0.3 is 0 Å². The molecule has 0 saturated carbocycles. The summed E-state index contributed by atoms with van der Waals surface area (Å²) in [4.78, 5) is 4.39. The highest BCUT2D eigenvalue weighted by Crippen LogP contribution is 2.33. The molecule has 0 aliphatic rings. The van der Waals surface area contributed by atoms with Crippen LogP contribution in [0.5, 0.6) is 11.5 Å². The number of nitrogens with zero attached hydrogens (tertiary/aromatic N) is 3. The van der Waals surface area contributed by atoms with E-state index in [1.165, 1.54) is 13.2 Å². The van der Waals surface area contributed by atoms with Gasteiger partial charge in [-0.3, -0.25) is 0 Å². The molecule has 3 rings (SSSR count). The molecule has 23 heavy (non-hydrogen) atoms. The molecule has 0 aliphatic carbocycles. The maximum atomic E-state index is 13.9. The summed E-state index contributed by atoms with van der Waals surface area (Å²) in [6, 6.07) is 12.0. The molecule has 0 atom stereocenters. The predicted molar refractivity (Wildman–Crippen MR) is 83.8 cm³/mol. The first-order valence-corrected chi connectivity index (χ1v) is 6.95. The lowest BCUT2D eigenvalue weighted by atomic mass is 10.2. The monoisotopic (exact) mass is 311 g/mol. The number of methoxy groups -OCH3 is 1. The van der Waals surface area contributed by atoms with Gasteiger partial charge in [0.05, 0.1) is 12.6 Å². The lowest BCUT2D eigenvalue weighted by Crippen LogP contribution is -1.98. The lowest BCUT2D eigenvalue weighted by Gasteiger charge is -2.10. The van der Waals surface area contributed by atoms with Gasteiger partial charge in [0.25, 0.3) is 0 Å². The van der Waals surface area contributed by atoms with E-state index >= 15 is 0 Å². The van der Waals surface area contributed by atoms with Crippen LogP contribution < -0.4 is 9.47 Å². The quantitative estimate of drug-likeness (QED) is 0.742. The summed E-state index contributed by atoms with van der Waals surface area (Å²) < 4.78 is 26.3. The third-order valence-electron chi connectivity index (χ3n) is 3.58. The largest absolute Gasteiger partial charge is 0.493 e. The zero-order chi connectivity index (χ0) is 16.4. The number of para-hydroxylation sites is 1. The first kappa shape index (κ1) is 14.9. The molecule has 0 amide bonds. The lowest BCUT2D eigenvalue weighted by molar-refractivity contribution is 0.330. The Morgan fingerprint density at radius 3 is 2.78 bits per heavy atom. The fourth-order valence-electron chi connectivity index (χ4n) is 2.47. The molecule has 0 radical (unpaired) electrons. The molecule has 0 bridgehead atoms. The molecule has 0 spiro atoms. The van der Waals surface area contributed by atoms with Crippen LogP contribution in [-0.4, -0.2) is 23.3 Å². The Labute approximate surface area is 132 Å². The van der Waals surface area contributed by atoms with Crippen LogP contribution in [0.1, 0.15) is 0 Å². The first-order valence-electron chi connectivity index (χ1n) is 6.95. The SMILES string of the molecule is COc1cc(-c2nc3c(F)cccc3n2C)ccc1OCC#N. The molecular formula is C17H14FN3O2. The molecule has 1 heterocycles. The third kappa shape index (κ3) is 2.57. The van der Waals surface area contributed by atoms with E-state index in [2.05, 4.69) is 4.98 Å². The number of benzene rings is 2. The highest BCUT2D eigenvalue weighted by atomic mass is 19.1. The minimum atomic E-state index is -0.356. The molecular weight excluding hydrogens is 297 g/mol. The number of rotatable bonds is 4. The van der Waals surface area contributed by atoms with Gasteiger partial charge in [0, 0.05) is 12.6 Å². The topological polar surface area (TPSA) is 60.1 Å². The van der Waals surface area contributed by atoms with Gasteiger partial charge in [-0.05, 0) is 30.3 Å². The van der Waals surface area contributed by atoms with Gasteiger partial charge < -0.3 is 14.0 Å². The first-order chi connectivity index (χ1) is 11.2. The van der Waals surface area contributed by atoms with Crippen molar-refractivity contribution in [2.75, 3.05) is 13.7 Å². The summed E-state index contributed by atoms with van der Waals surface area (Å²) in [5.74, 6) is 1.23. The number of halogens is 1. The highest BCUT2D eigenvalue weighted by Gasteiger charge is 2.15. The number of hydrogen-bond donors (Lipinski definition) is 0. The van der Waals surface area contributed by atoms with Crippen LogP contribution in [0, 0.1) is 17.1 Å². The van der Waals surface area contributed by atoms with E-state index in [9.17, 15) is 4.39 Å². The molecule has 0 unspecified atom stereocenters. The van der Waals surface area contributed by atoms with Gasteiger partial charge in [0.2, 0.25) is 0 Å². The molecule has 0 saturated heterocycles. The van der Waals surface area contributed by atoms with Crippen LogP contribution in [0.25, 0.3) is 22.4 Å². The molecule has 6 heteroatoms. The Kier molecular flexibility index (Phi) is 3.85. The van der Waals surface area contributed by atoms with Gasteiger partial charge in [0.15, 0.2) is 23.9 Å². The smallest absolute Gasteiger partial charge is 0.174 e. The predicted octanol–water partition coefficient (Wildman–Crippen LogP) is 3.29. The third-order valence-corrected chi connectivity index (χ3v) is 3.58. The maximum absolute atomic E-state index is 13.9. The van der Waals surface area contributed by atoms with Crippen LogP contribution in [0.3, 0.4) is 0 Å². The fourth-order valence-corrected chi connectivity index (χ4v) is 2.47. The van der Waals surface area contributed by atoms with E-state index in [1.807, 2.05) is 23.8 Å². The number of nitriles is 1. The molecule has 0 N–H and O–H groups in total. The van der Waals surface area contributed by atoms with E-state index in [-0.39, 0.29) is 12.4 Å².